The number of benzene rings is 1. The number of hydrogen-bond donors (Lipinski definition) is 0. The summed E-state index contributed by atoms with van der Waals surface area (Å²) in [6, 6.07) is 8.49. The van der Waals surface area contributed by atoms with Crippen LogP contribution in [-0.4, -0.2) is 41.3 Å². The largest absolute Gasteiger partial charge is 0.378 e. The number of rotatable bonds is 4. The molecular formula is C19H17FN4OS. The molecule has 7 heteroatoms. The van der Waals surface area contributed by atoms with Crippen LogP contribution in [0.2, 0.25) is 0 Å². The summed E-state index contributed by atoms with van der Waals surface area (Å²) in [5, 5.41) is 0.848. The Balaban J connectivity index is 1.86. The first-order valence-corrected chi connectivity index (χ1v) is 9.12. The Bertz CT molecular complexity index is 937. The second kappa shape index (κ2) is 7.31. The first kappa shape index (κ1) is 16.8. The summed E-state index contributed by atoms with van der Waals surface area (Å²) >= 11 is 1.51. The second-order valence-electron chi connectivity index (χ2n) is 5.76. The summed E-state index contributed by atoms with van der Waals surface area (Å²) in [5.41, 5.74) is 1.78. The molecule has 26 heavy (non-hydrogen) atoms. The van der Waals surface area contributed by atoms with Crippen molar-refractivity contribution < 1.29 is 9.13 Å². The van der Waals surface area contributed by atoms with Crippen molar-refractivity contribution in [1.82, 2.24) is 15.0 Å². The van der Waals surface area contributed by atoms with Crippen LogP contribution in [-0.2, 0) is 4.74 Å². The van der Waals surface area contributed by atoms with Gasteiger partial charge in [-0.25, -0.2) is 19.3 Å². The van der Waals surface area contributed by atoms with Crippen molar-refractivity contribution in [3.63, 3.8) is 0 Å². The smallest absolute Gasteiger partial charge is 0.186 e. The minimum Gasteiger partial charge on any atom is -0.378 e. The fourth-order valence-corrected chi connectivity index (χ4v) is 3.91. The van der Waals surface area contributed by atoms with Gasteiger partial charge in [0.05, 0.1) is 29.5 Å². The molecule has 0 unspecified atom stereocenters. The van der Waals surface area contributed by atoms with E-state index in [1.54, 1.807) is 24.4 Å². The molecule has 0 spiro atoms. The van der Waals surface area contributed by atoms with Crippen LogP contribution in [0.4, 0.5) is 9.52 Å². The molecule has 1 saturated heterocycles. The molecule has 1 aromatic carbocycles. The average molecular weight is 368 g/mol. The van der Waals surface area contributed by atoms with Crippen LogP contribution < -0.4 is 4.90 Å². The van der Waals surface area contributed by atoms with Gasteiger partial charge >= 0.3 is 0 Å². The highest BCUT2D eigenvalue weighted by Gasteiger charge is 2.22. The third-order valence-electron chi connectivity index (χ3n) is 4.12. The molecule has 0 radical (unpaired) electrons. The molecular weight excluding hydrogens is 351 g/mol. The number of nitrogens with zero attached hydrogens (tertiary/aromatic N) is 4. The Morgan fingerprint density at radius 1 is 1.15 bits per heavy atom. The number of ether oxygens (including phenoxy) is 1. The number of aromatic nitrogens is 3. The highest BCUT2D eigenvalue weighted by molar-refractivity contribution is 7.19. The van der Waals surface area contributed by atoms with E-state index < -0.39 is 0 Å². The van der Waals surface area contributed by atoms with Gasteiger partial charge in [-0.3, -0.25) is 0 Å². The van der Waals surface area contributed by atoms with Crippen LogP contribution in [0.5, 0.6) is 0 Å². The Kier molecular flexibility index (Phi) is 4.73. The minimum absolute atomic E-state index is 0.300. The van der Waals surface area contributed by atoms with E-state index in [9.17, 15) is 4.39 Å². The van der Waals surface area contributed by atoms with Crippen molar-refractivity contribution in [3.05, 3.63) is 54.7 Å². The first-order chi connectivity index (χ1) is 12.8. The van der Waals surface area contributed by atoms with E-state index in [-0.39, 0.29) is 5.82 Å². The number of morpholine rings is 1. The van der Waals surface area contributed by atoms with E-state index in [1.807, 2.05) is 12.1 Å². The quantitative estimate of drug-likeness (QED) is 0.699. The maximum absolute atomic E-state index is 14.5. The lowest BCUT2D eigenvalue weighted by Crippen LogP contribution is -2.36. The zero-order valence-corrected chi connectivity index (χ0v) is 14.9. The molecule has 1 aliphatic rings. The van der Waals surface area contributed by atoms with E-state index in [0.29, 0.717) is 36.0 Å². The molecule has 0 aliphatic carbocycles. The normalized spacial score (nSPS) is 14.4. The van der Waals surface area contributed by atoms with Gasteiger partial charge in [-0.2, -0.15) is 0 Å². The Hall–Kier alpha value is -2.64. The molecule has 5 nitrogen and oxygen atoms in total. The molecule has 0 amide bonds. The highest BCUT2D eigenvalue weighted by atomic mass is 32.1. The van der Waals surface area contributed by atoms with Crippen LogP contribution in [0.25, 0.3) is 27.9 Å². The maximum atomic E-state index is 14.5. The Morgan fingerprint density at radius 2 is 1.96 bits per heavy atom. The fourth-order valence-electron chi connectivity index (χ4n) is 2.81. The number of hydrogen-bond acceptors (Lipinski definition) is 6. The zero-order chi connectivity index (χ0) is 17.9. The van der Waals surface area contributed by atoms with Crippen LogP contribution in [0, 0.1) is 5.82 Å². The van der Waals surface area contributed by atoms with Gasteiger partial charge in [0.15, 0.2) is 11.0 Å². The molecule has 1 fully saturated rings. The van der Waals surface area contributed by atoms with Gasteiger partial charge in [-0.15, -0.1) is 0 Å². The Labute approximate surface area is 154 Å². The van der Waals surface area contributed by atoms with Crippen LogP contribution in [0.15, 0.2) is 43.1 Å². The first-order valence-electron chi connectivity index (χ1n) is 8.30. The van der Waals surface area contributed by atoms with Crippen molar-refractivity contribution in [2.45, 2.75) is 0 Å². The predicted octanol–water partition coefficient (Wildman–Crippen LogP) is 3.89. The third-order valence-corrected chi connectivity index (χ3v) is 5.25. The molecule has 3 aromatic rings. The molecule has 0 N–H and O–H groups in total. The molecule has 0 saturated carbocycles. The third kappa shape index (κ3) is 3.23. The molecule has 132 valence electrons. The van der Waals surface area contributed by atoms with E-state index >= 15 is 0 Å². The molecule has 0 atom stereocenters. The number of anilines is 1. The van der Waals surface area contributed by atoms with Gasteiger partial charge in [-0.05, 0) is 24.3 Å². The van der Waals surface area contributed by atoms with Gasteiger partial charge in [0.1, 0.15) is 5.82 Å². The second-order valence-corrected chi connectivity index (χ2v) is 6.74. The van der Waals surface area contributed by atoms with E-state index in [4.69, 9.17) is 9.72 Å². The van der Waals surface area contributed by atoms with E-state index in [1.165, 1.54) is 17.4 Å². The summed E-state index contributed by atoms with van der Waals surface area (Å²) in [6.07, 6.45) is 3.27. The van der Waals surface area contributed by atoms with E-state index in [2.05, 4.69) is 21.4 Å². The van der Waals surface area contributed by atoms with Crippen LogP contribution in [0.3, 0.4) is 0 Å². The SMILES string of the molecule is C=Cc1nccc(-c2sc(N3CCOCC3)nc2-c2ccccc2F)n1. The van der Waals surface area contributed by atoms with Crippen molar-refractivity contribution in [2.24, 2.45) is 0 Å². The van der Waals surface area contributed by atoms with Gasteiger partial charge in [-0.1, -0.05) is 30.0 Å². The van der Waals surface area contributed by atoms with Crippen molar-refractivity contribution in [1.29, 1.82) is 0 Å². The number of halogens is 1. The topological polar surface area (TPSA) is 51.1 Å². The predicted molar refractivity (Wildman–Crippen MR) is 102 cm³/mol. The summed E-state index contributed by atoms with van der Waals surface area (Å²) < 4.78 is 19.9. The molecule has 1 aliphatic heterocycles. The molecule has 0 bridgehead atoms. The molecule has 2 aromatic heterocycles. The summed E-state index contributed by atoms with van der Waals surface area (Å²) in [7, 11) is 0. The van der Waals surface area contributed by atoms with Gasteiger partial charge in [0, 0.05) is 24.8 Å². The minimum atomic E-state index is -0.300. The van der Waals surface area contributed by atoms with Crippen molar-refractivity contribution in [2.75, 3.05) is 31.2 Å². The monoisotopic (exact) mass is 368 g/mol. The van der Waals surface area contributed by atoms with Crippen molar-refractivity contribution >= 4 is 22.5 Å². The number of thiazole rings is 1. The zero-order valence-electron chi connectivity index (χ0n) is 14.1. The summed E-state index contributed by atoms with van der Waals surface area (Å²) in [5.74, 6) is 0.230. The summed E-state index contributed by atoms with van der Waals surface area (Å²) in [6.45, 7) is 6.59. The lowest BCUT2D eigenvalue weighted by Gasteiger charge is -2.26. The summed E-state index contributed by atoms with van der Waals surface area (Å²) in [4.78, 5) is 16.4. The van der Waals surface area contributed by atoms with Crippen molar-refractivity contribution in [3.8, 4) is 21.8 Å². The van der Waals surface area contributed by atoms with Gasteiger partial charge in [0.25, 0.3) is 0 Å². The standard InChI is InChI=1S/C19H17FN4OS/c1-2-16-21-8-7-15(22-16)18-17(13-5-3-4-6-14(13)20)23-19(26-18)24-9-11-25-12-10-24/h2-8H,1,9-12H2. The van der Waals surface area contributed by atoms with E-state index in [0.717, 1.165) is 23.1 Å². The lowest BCUT2D eigenvalue weighted by atomic mass is 10.1. The van der Waals surface area contributed by atoms with Crippen LogP contribution >= 0.6 is 11.3 Å². The maximum Gasteiger partial charge on any atom is 0.186 e. The molecule has 3 heterocycles. The van der Waals surface area contributed by atoms with Crippen LogP contribution in [0.1, 0.15) is 5.82 Å². The lowest BCUT2D eigenvalue weighted by molar-refractivity contribution is 0.122. The van der Waals surface area contributed by atoms with Gasteiger partial charge < -0.3 is 9.64 Å². The fraction of sp³-hybridized carbons (Fsp3) is 0.211. The van der Waals surface area contributed by atoms with Gasteiger partial charge in [0.2, 0.25) is 0 Å². The average Bonchev–Trinajstić information content (AvgIpc) is 3.14. The molecule has 4 rings (SSSR count). The Morgan fingerprint density at radius 3 is 2.73 bits per heavy atom. The highest BCUT2D eigenvalue weighted by Crippen LogP contribution is 2.40.